The van der Waals surface area contributed by atoms with Crippen LogP contribution in [-0.4, -0.2) is 13.2 Å². The van der Waals surface area contributed by atoms with E-state index in [4.69, 9.17) is 15.2 Å². The van der Waals surface area contributed by atoms with Crippen LogP contribution in [0.2, 0.25) is 0 Å². The van der Waals surface area contributed by atoms with Gasteiger partial charge >= 0.3 is 0 Å². The van der Waals surface area contributed by atoms with Gasteiger partial charge in [-0.2, -0.15) is 0 Å². The maximum atomic E-state index is 13.3. The molecule has 0 saturated heterocycles. The number of nitrogens with two attached hydrogens (primary N) is 1. The van der Waals surface area contributed by atoms with E-state index in [1.165, 1.54) is 12.1 Å². The number of hydrogen-bond acceptors (Lipinski definition) is 3. The standard InChI is InChI=1S/C16H18FNO2/c1-2-19-15-5-3-4-6-16(15)20-14-8-7-13(17)11-12(14)9-10-18/h3-8,11H,2,9-10,18H2,1H3. The normalized spacial score (nSPS) is 10.3. The Hall–Kier alpha value is -2.07. The van der Waals surface area contributed by atoms with E-state index in [0.717, 1.165) is 5.56 Å². The van der Waals surface area contributed by atoms with E-state index >= 15 is 0 Å². The van der Waals surface area contributed by atoms with Gasteiger partial charge in [-0.25, -0.2) is 4.39 Å². The van der Waals surface area contributed by atoms with E-state index in [2.05, 4.69) is 0 Å². The highest BCUT2D eigenvalue weighted by Crippen LogP contribution is 2.33. The third-order valence-electron chi connectivity index (χ3n) is 2.81. The quantitative estimate of drug-likeness (QED) is 0.877. The van der Waals surface area contributed by atoms with Gasteiger partial charge in [0, 0.05) is 0 Å². The van der Waals surface area contributed by atoms with Gasteiger partial charge in [-0.15, -0.1) is 0 Å². The smallest absolute Gasteiger partial charge is 0.169 e. The first kappa shape index (κ1) is 14.3. The van der Waals surface area contributed by atoms with E-state index in [-0.39, 0.29) is 5.82 Å². The van der Waals surface area contributed by atoms with Gasteiger partial charge in [0.2, 0.25) is 0 Å². The summed E-state index contributed by atoms with van der Waals surface area (Å²) in [6.45, 7) is 2.90. The molecule has 0 radical (unpaired) electrons. The molecule has 0 atom stereocenters. The summed E-state index contributed by atoms with van der Waals surface area (Å²) in [4.78, 5) is 0. The Kier molecular flexibility index (Phi) is 4.96. The molecule has 0 amide bonds. The molecule has 0 aliphatic heterocycles. The fraction of sp³-hybridized carbons (Fsp3) is 0.250. The number of hydrogen-bond donors (Lipinski definition) is 1. The van der Waals surface area contributed by atoms with Crippen LogP contribution in [0.5, 0.6) is 17.2 Å². The van der Waals surface area contributed by atoms with Gasteiger partial charge in [-0.05, 0) is 55.8 Å². The van der Waals surface area contributed by atoms with Crippen molar-refractivity contribution < 1.29 is 13.9 Å². The summed E-state index contributed by atoms with van der Waals surface area (Å²) < 4.78 is 24.7. The first-order valence-electron chi connectivity index (χ1n) is 6.62. The predicted molar refractivity (Wildman–Crippen MR) is 76.8 cm³/mol. The molecule has 106 valence electrons. The van der Waals surface area contributed by atoms with Crippen molar-refractivity contribution in [2.24, 2.45) is 5.73 Å². The van der Waals surface area contributed by atoms with Crippen LogP contribution >= 0.6 is 0 Å². The van der Waals surface area contributed by atoms with E-state index in [0.29, 0.717) is 36.8 Å². The van der Waals surface area contributed by atoms with Gasteiger partial charge in [-0.3, -0.25) is 0 Å². The van der Waals surface area contributed by atoms with Crippen molar-refractivity contribution in [1.82, 2.24) is 0 Å². The summed E-state index contributed by atoms with van der Waals surface area (Å²) in [6.07, 6.45) is 0.559. The molecule has 2 aromatic carbocycles. The van der Waals surface area contributed by atoms with Gasteiger partial charge in [-0.1, -0.05) is 12.1 Å². The largest absolute Gasteiger partial charge is 0.490 e. The molecule has 2 aromatic rings. The van der Waals surface area contributed by atoms with Gasteiger partial charge in [0.1, 0.15) is 11.6 Å². The topological polar surface area (TPSA) is 44.5 Å². The minimum atomic E-state index is -0.293. The van der Waals surface area contributed by atoms with Gasteiger partial charge < -0.3 is 15.2 Å². The van der Waals surface area contributed by atoms with Crippen molar-refractivity contribution >= 4 is 0 Å². The number of ether oxygens (including phenoxy) is 2. The lowest BCUT2D eigenvalue weighted by atomic mass is 10.1. The minimum Gasteiger partial charge on any atom is -0.490 e. The number of rotatable bonds is 6. The lowest BCUT2D eigenvalue weighted by molar-refractivity contribution is 0.321. The molecule has 0 unspecified atom stereocenters. The van der Waals surface area contributed by atoms with Crippen molar-refractivity contribution in [3.63, 3.8) is 0 Å². The molecule has 0 aromatic heterocycles. The highest BCUT2D eigenvalue weighted by Gasteiger charge is 2.09. The second kappa shape index (κ2) is 6.91. The van der Waals surface area contributed by atoms with Crippen molar-refractivity contribution in [3.8, 4) is 17.2 Å². The summed E-state index contributed by atoms with van der Waals surface area (Å²) in [7, 11) is 0. The van der Waals surface area contributed by atoms with Crippen LogP contribution in [0.15, 0.2) is 42.5 Å². The molecule has 0 fully saturated rings. The van der Waals surface area contributed by atoms with Crippen LogP contribution < -0.4 is 15.2 Å². The fourth-order valence-corrected chi connectivity index (χ4v) is 1.93. The summed E-state index contributed by atoms with van der Waals surface area (Å²) in [5.74, 6) is 1.58. The Bertz CT molecular complexity index is 572. The Morgan fingerprint density at radius 3 is 2.50 bits per heavy atom. The first-order valence-corrected chi connectivity index (χ1v) is 6.62. The highest BCUT2D eigenvalue weighted by atomic mass is 19.1. The van der Waals surface area contributed by atoms with Crippen molar-refractivity contribution in [3.05, 3.63) is 53.8 Å². The van der Waals surface area contributed by atoms with Crippen molar-refractivity contribution in [1.29, 1.82) is 0 Å². The van der Waals surface area contributed by atoms with Crippen LogP contribution in [0.3, 0.4) is 0 Å². The molecule has 0 bridgehead atoms. The number of benzene rings is 2. The molecule has 4 heteroatoms. The summed E-state index contributed by atoms with van der Waals surface area (Å²) in [5, 5.41) is 0. The third-order valence-corrected chi connectivity index (χ3v) is 2.81. The Balaban J connectivity index is 2.29. The zero-order valence-electron chi connectivity index (χ0n) is 11.4. The lowest BCUT2D eigenvalue weighted by Crippen LogP contribution is -2.04. The molecule has 0 saturated carbocycles. The average molecular weight is 275 g/mol. The lowest BCUT2D eigenvalue weighted by Gasteiger charge is -2.14. The molecule has 0 heterocycles. The van der Waals surface area contributed by atoms with Gasteiger partial charge in [0.25, 0.3) is 0 Å². The molecule has 0 aliphatic rings. The van der Waals surface area contributed by atoms with Gasteiger partial charge in [0.05, 0.1) is 6.61 Å². The Labute approximate surface area is 118 Å². The van der Waals surface area contributed by atoms with E-state index in [1.54, 1.807) is 6.07 Å². The molecule has 2 N–H and O–H groups in total. The van der Waals surface area contributed by atoms with E-state index in [9.17, 15) is 4.39 Å². The van der Waals surface area contributed by atoms with Crippen LogP contribution in [0, 0.1) is 5.82 Å². The Morgan fingerprint density at radius 2 is 1.80 bits per heavy atom. The van der Waals surface area contributed by atoms with Gasteiger partial charge in [0.15, 0.2) is 11.5 Å². The molecular formula is C16H18FNO2. The summed E-state index contributed by atoms with van der Waals surface area (Å²) >= 11 is 0. The highest BCUT2D eigenvalue weighted by molar-refractivity contribution is 5.45. The second-order valence-corrected chi connectivity index (χ2v) is 4.27. The average Bonchev–Trinajstić information content (AvgIpc) is 2.44. The molecule has 0 spiro atoms. The Morgan fingerprint density at radius 1 is 1.05 bits per heavy atom. The maximum Gasteiger partial charge on any atom is 0.169 e. The van der Waals surface area contributed by atoms with Crippen molar-refractivity contribution in [2.45, 2.75) is 13.3 Å². The third kappa shape index (κ3) is 3.48. The van der Waals surface area contributed by atoms with Crippen molar-refractivity contribution in [2.75, 3.05) is 13.2 Å². The van der Waals surface area contributed by atoms with Crippen LogP contribution in [0.25, 0.3) is 0 Å². The SMILES string of the molecule is CCOc1ccccc1Oc1ccc(F)cc1CCN. The molecule has 0 aliphatic carbocycles. The fourth-order valence-electron chi connectivity index (χ4n) is 1.93. The summed E-state index contributed by atoms with van der Waals surface area (Å²) in [5.41, 5.74) is 6.30. The first-order chi connectivity index (χ1) is 9.74. The summed E-state index contributed by atoms with van der Waals surface area (Å²) in [6, 6.07) is 11.8. The second-order valence-electron chi connectivity index (χ2n) is 4.27. The molecule has 2 rings (SSSR count). The van der Waals surface area contributed by atoms with Crippen LogP contribution in [0.1, 0.15) is 12.5 Å². The van der Waals surface area contributed by atoms with Crippen LogP contribution in [0.4, 0.5) is 4.39 Å². The molecule has 20 heavy (non-hydrogen) atoms. The van der Waals surface area contributed by atoms with E-state index in [1.807, 2.05) is 31.2 Å². The zero-order chi connectivity index (χ0) is 14.4. The monoisotopic (exact) mass is 275 g/mol. The molecule has 3 nitrogen and oxygen atoms in total. The number of para-hydroxylation sites is 2. The molecular weight excluding hydrogens is 257 g/mol. The zero-order valence-corrected chi connectivity index (χ0v) is 11.4. The maximum absolute atomic E-state index is 13.3. The number of halogens is 1. The van der Waals surface area contributed by atoms with E-state index < -0.39 is 0 Å². The predicted octanol–water partition coefficient (Wildman–Crippen LogP) is 3.52. The van der Waals surface area contributed by atoms with Crippen LogP contribution in [-0.2, 0) is 6.42 Å². The minimum absolute atomic E-state index is 0.293.